The molecule has 112 valence electrons. The Kier molecular flexibility index (Phi) is 5.78. The van der Waals surface area contributed by atoms with Crippen LogP contribution in [-0.4, -0.2) is 40.6 Å². The van der Waals surface area contributed by atoms with Crippen LogP contribution in [0.1, 0.15) is 20.8 Å². The van der Waals surface area contributed by atoms with E-state index in [0.29, 0.717) is 0 Å². The first-order valence-corrected chi connectivity index (χ1v) is 7.04. The fourth-order valence-electron chi connectivity index (χ4n) is 1.40. The third-order valence-electron chi connectivity index (χ3n) is 2.15. The van der Waals surface area contributed by atoms with Crippen LogP contribution >= 0.6 is 22.6 Å². The summed E-state index contributed by atoms with van der Waals surface area (Å²) in [5.41, 5.74) is -0.633. The Bertz CT molecular complexity index is 481. The summed E-state index contributed by atoms with van der Waals surface area (Å²) < 4.78 is 12.3. The fourth-order valence-corrected chi connectivity index (χ4v) is 1.84. The molecule has 0 spiro atoms. The number of hydrogen-bond donors (Lipinski definition) is 1. The SMILES string of the molecule is COC(=O)C(Cn1cc(I)cn1)NC(=O)OC(C)(C)C. The monoisotopic (exact) mass is 395 g/mol. The molecule has 0 radical (unpaired) electrons. The van der Waals surface area contributed by atoms with Gasteiger partial charge in [0.15, 0.2) is 0 Å². The second-order valence-electron chi connectivity index (χ2n) is 5.10. The molecule has 1 amide bonds. The summed E-state index contributed by atoms with van der Waals surface area (Å²) in [4.78, 5) is 23.4. The van der Waals surface area contributed by atoms with E-state index in [-0.39, 0.29) is 6.54 Å². The van der Waals surface area contributed by atoms with E-state index < -0.39 is 23.7 Å². The molecule has 0 aliphatic heterocycles. The maximum atomic E-state index is 11.7. The van der Waals surface area contributed by atoms with Crippen molar-refractivity contribution in [3.63, 3.8) is 0 Å². The Morgan fingerprint density at radius 3 is 2.60 bits per heavy atom. The molecule has 7 nitrogen and oxygen atoms in total. The Morgan fingerprint density at radius 2 is 2.15 bits per heavy atom. The van der Waals surface area contributed by atoms with Gasteiger partial charge in [-0.05, 0) is 43.4 Å². The Hall–Kier alpha value is -1.32. The first-order valence-electron chi connectivity index (χ1n) is 5.96. The van der Waals surface area contributed by atoms with Crippen LogP contribution in [-0.2, 0) is 20.8 Å². The zero-order valence-corrected chi connectivity index (χ0v) is 14.0. The lowest BCUT2D eigenvalue weighted by atomic mass is 10.2. The molecule has 1 atom stereocenters. The average molecular weight is 395 g/mol. The molecular formula is C12H18IN3O4. The first kappa shape index (κ1) is 16.7. The molecule has 0 saturated carbocycles. The maximum Gasteiger partial charge on any atom is 0.408 e. The molecular weight excluding hydrogens is 377 g/mol. The van der Waals surface area contributed by atoms with Crippen molar-refractivity contribution in [1.29, 1.82) is 0 Å². The highest BCUT2D eigenvalue weighted by Gasteiger charge is 2.25. The smallest absolute Gasteiger partial charge is 0.408 e. The summed E-state index contributed by atoms with van der Waals surface area (Å²) >= 11 is 2.11. The topological polar surface area (TPSA) is 82.5 Å². The minimum Gasteiger partial charge on any atom is -0.467 e. The molecule has 0 aliphatic carbocycles. The summed E-state index contributed by atoms with van der Waals surface area (Å²) in [7, 11) is 1.26. The van der Waals surface area contributed by atoms with Crippen molar-refractivity contribution < 1.29 is 19.1 Å². The maximum absolute atomic E-state index is 11.7. The predicted octanol–water partition coefficient (Wildman–Crippen LogP) is 1.55. The molecule has 1 aromatic rings. The molecule has 0 fully saturated rings. The Labute approximate surface area is 131 Å². The van der Waals surface area contributed by atoms with Crippen molar-refractivity contribution in [3.8, 4) is 0 Å². The van der Waals surface area contributed by atoms with Crippen LogP contribution in [0.3, 0.4) is 0 Å². The summed E-state index contributed by atoms with van der Waals surface area (Å²) in [6.45, 7) is 5.41. The van der Waals surface area contributed by atoms with Crippen molar-refractivity contribution in [2.45, 2.75) is 39.0 Å². The van der Waals surface area contributed by atoms with Crippen LogP contribution in [0.25, 0.3) is 0 Å². The zero-order valence-electron chi connectivity index (χ0n) is 11.8. The largest absolute Gasteiger partial charge is 0.467 e. The lowest BCUT2D eigenvalue weighted by Crippen LogP contribution is -2.46. The number of nitrogens with one attached hydrogen (secondary N) is 1. The molecule has 20 heavy (non-hydrogen) atoms. The van der Waals surface area contributed by atoms with Gasteiger partial charge in [0.1, 0.15) is 11.6 Å². The third kappa shape index (κ3) is 5.76. The molecule has 0 aromatic carbocycles. The number of carbonyl (C=O) groups is 2. The fraction of sp³-hybridized carbons (Fsp3) is 0.583. The van der Waals surface area contributed by atoms with Crippen LogP contribution in [0.4, 0.5) is 4.79 Å². The summed E-state index contributed by atoms with van der Waals surface area (Å²) in [5, 5.41) is 6.55. The number of hydrogen-bond acceptors (Lipinski definition) is 5. The van der Waals surface area contributed by atoms with E-state index in [1.807, 2.05) is 0 Å². The van der Waals surface area contributed by atoms with Crippen molar-refractivity contribution in [2.24, 2.45) is 0 Å². The first-order chi connectivity index (χ1) is 9.21. The minimum absolute atomic E-state index is 0.176. The molecule has 1 aromatic heterocycles. The number of aromatic nitrogens is 2. The lowest BCUT2D eigenvalue weighted by molar-refractivity contribution is -0.143. The number of carbonyl (C=O) groups excluding carboxylic acids is 2. The van der Waals surface area contributed by atoms with Gasteiger partial charge in [0.25, 0.3) is 0 Å². The normalized spacial score (nSPS) is 12.7. The molecule has 0 saturated heterocycles. The lowest BCUT2D eigenvalue weighted by Gasteiger charge is -2.22. The van der Waals surface area contributed by atoms with E-state index in [1.165, 1.54) is 7.11 Å². The molecule has 0 bridgehead atoms. The summed E-state index contributed by atoms with van der Waals surface area (Å²) in [6.07, 6.45) is 2.74. The van der Waals surface area contributed by atoms with Gasteiger partial charge in [-0.1, -0.05) is 0 Å². The highest BCUT2D eigenvalue weighted by Crippen LogP contribution is 2.08. The molecule has 1 heterocycles. The minimum atomic E-state index is -0.856. The second-order valence-corrected chi connectivity index (χ2v) is 6.35. The van der Waals surface area contributed by atoms with Crippen LogP contribution in [0, 0.1) is 3.57 Å². The predicted molar refractivity (Wildman–Crippen MR) is 80.1 cm³/mol. The number of rotatable bonds is 4. The van der Waals surface area contributed by atoms with Gasteiger partial charge >= 0.3 is 12.1 Å². The molecule has 1 N–H and O–H groups in total. The van der Waals surface area contributed by atoms with Crippen molar-refractivity contribution in [1.82, 2.24) is 15.1 Å². The highest BCUT2D eigenvalue weighted by atomic mass is 127. The van der Waals surface area contributed by atoms with E-state index in [1.54, 1.807) is 37.8 Å². The van der Waals surface area contributed by atoms with Crippen LogP contribution in [0.15, 0.2) is 12.4 Å². The van der Waals surface area contributed by atoms with E-state index in [9.17, 15) is 9.59 Å². The van der Waals surface area contributed by atoms with E-state index in [4.69, 9.17) is 4.74 Å². The number of esters is 1. The van der Waals surface area contributed by atoms with E-state index in [2.05, 4.69) is 37.7 Å². The number of ether oxygens (including phenoxy) is 2. The number of halogens is 1. The summed E-state index contributed by atoms with van der Waals surface area (Å²) in [6, 6.07) is -0.856. The molecule has 0 aliphatic rings. The number of alkyl carbamates (subject to hydrolysis) is 1. The van der Waals surface area contributed by atoms with Crippen LogP contribution in [0.2, 0.25) is 0 Å². The van der Waals surface area contributed by atoms with E-state index in [0.717, 1.165) is 3.57 Å². The van der Waals surface area contributed by atoms with Gasteiger partial charge < -0.3 is 14.8 Å². The zero-order chi connectivity index (χ0) is 15.3. The summed E-state index contributed by atoms with van der Waals surface area (Å²) in [5.74, 6) is -0.554. The van der Waals surface area contributed by atoms with E-state index >= 15 is 0 Å². The number of nitrogens with zero attached hydrogens (tertiary/aromatic N) is 2. The standard InChI is InChI=1S/C12H18IN3O4/c1-12(2,3)20-11(18)15-9(10(17)19-4)7-16-6-8(13)5-14-16/h5-6,9H,7H2,1-4H3,(H,15,18). The van der Waals surface area contributed by atoms with Gasteiger partial charge in [-0.15, -0.1) is 0 Å². The van der Waals surface area contributed by atoms with Crippen LogP contribution < -0.4 is 5.32 Å². The number of methoxy groups -OCH3 is 1. The molecule has 1 rings (SSSR count). The second kappa shape index (κ2) is 6.91. The van der Waals surface area contributed by atoms with Crippen molar-refractivity contribution in [2.75, 3.05) is 7.11 Å². The molecule has 8 heteroatoms. The Balaban J connectivity index is 2.70. The third-order valence-corrected chi connectivity index (χ3v) is 2.71. The highest BCUT2D eigenvalue weighted by molar-refractivity contribution is 14.1. The van der Waals surface area contributed by atoms with Gasteiger partial charge in [-0.3, -0.25) is 4.68 Å². The quantitative estimate of drug-likeness (QED) is 0.618. The average Bonchev–Trinajstić information content (AvgIpc) is 2.70. The van der Waals surface area contributed by atoms with Gasteiger partial charge in [-0.25, -0.2) is 9.59 Å². The van der Waals surface area contributed by atoms with Gasteiger partial charge in [0.05, 0.1) is 23.4 Å². The Morgan fingerprint density at radius 1 is 1.50 bits per heavy atom. The van der Waals surface area contributed by atoms with Gasteiger partial charge in [0, 0.05) is 6.20 Å². The van der Waals surface area contributed by atoms with Gasteiger partial charge in [0.2, 0.25) is 0 Å². The molecule has 1 unspecified atom stereocenters. The van der Waals surface area contributed by atoms with Crippen molar-refractivity contribution >= 4 is 34.7 Å². The van der Waals surface area contributed by atoms with Crippen molar-refractivity contribution in [3.05, 3.63) is 16.0 Å². The number of amides is 1. The van der Waals surface area contributed by atoms with Crippen LogP contribution in [0.5, 0.6) is 0 Å². The van der Waals surface area contributed by atoms with Gasteiger partial charge in [-0.2, -0.15) is 5.10 Å².